The van der Waals surface area contributed by atoms with E-state index < -0.39 is 23.8 Å². The summed E-state index contributed by atoms with van der Waals surface area (Å²) >= 11 is 0. The van der Waals surface area contributed by atoms with Crippen LogP contribution in [0, 0.1) is 12.8 Å². The van der Waals surface area contributed by atoms with Crippen molar-refractivity contribution in [3.63, 3.8) is 0 Å². The molecule has 8 nitrogen and oxygen atoms in total. The highest BCUT2D eigenvalue weighted by molar-refractivity contribution is 5.92. The highest BCUT2D eigenvalue weighted by Crippen LogP contribution is 2.29. The van der Waals surface area contributed by atoms with Crippen molar-refractivity contribution in [1.29, 1.82) is 0 Å². The second-order valence-corrected chi connectivity index (χ2v) is 12.4. The highest BCUT2D eigenvalue weighted by Gasteiger charge is 2.37. The Labute approximate surface area is 235 Å². The number of phenols is 1. The first kappa shape index (κ1) is 32.4. The molecule has 0 aromatic heterocycles. The quantitative estimate of drug-likeness (QED) is 0.273. The van der Waals surface area contributed by atoms with Crippen molar-refractivity contribution in [2.75, 3.05) is 6.54 Å². The van der Waals surface area contributed by atoms with Crippen LogP contribution in [0.4, 0.5) is 4.79 Å². The summed E-state index contributed by atoms with van der Waals surface area (Å²) in [7, 11) is 0. The van der Waals surface area contributed by atoms with Crippen molar-refractivity contribution in [3.8, 4) is 5.75 Å². The summed E-state index contributed by atoms with van der Waals surface area (Å²) in [4.78, 5) is 42.6. The molecule has 2 atom stereocenters. The van der Waals surface area contributed by atoms with Crippen LogP contribution in [0.3, 0.4) is 0 Å². The number of benzene rings is 1. The Morgan fingerprint density at radius 1 is 1.10 bits per heavy atom. The van der Waals surface area contributed by atoms with Gasteiger partial charge in [-0.2, -0.15) is 0 Å². The number of nitrogens with zero attached hydrogens (tertiary/aromatic N) is 1. The summed E-state index contributed by atoms with van der Waals surface area (Å²) < 4.78 is 5.47. The number of hydrogen-bond acceptors (Lipinski definition) is 5. The molecule has 0 saturated heterocycles. The van der Waals surface area contributed by atoms with Crippen LogP contribution in [-0.2, 0) is 14.3 Å². The monoisotopic (exact) mass is 545 g/mol. The van der Waals surface area contributed by atoms with Crippen LogP contribution in [0.5, 0.6) is 5.75 Å². The molecule has 1 aliphatic carbocycles. The second-order valence-electron chi connectivity index (χ2n) is 12.4. The first-order valence-electron chi connectivity index (χ1n) is 14.7. The van der Waals surface area contributed by atoms with Gasteiger partial charge in [0.15, 0.2) is 0 Å². The van der Waals surface area contributed by atoms with Gasteiger partial charge in [-0.3, -0.25) is 9.59 Å². The van der Waals surface area contributed by atoms with Gasteiger partial charge in [-0.1, -0.05) is 58.9 Å². The van der Waals surface area contributed by atoms with Crippen molar-refractivity contribution in [2.24, 2.45) is 5.92 Å². The van der Waals surface area contributed by atoms with E-state index in [0.717, 1.165) is 44.9 Å². The molecule has 3 N–H and O–H groups in total. The largest absolute Gasteiger partial charge is 0.508 e. The minimum absolute atomic E-state index is 0.0749. The SMILES string of the molecule is CCCCCN(C(=O)C(CC(C)C)NC(=O)OC(C)(C)C)C(C(=O)NC1CCCCC1)c1ccc(O)c(C)c1. The third kappa shape index (κ3) is 10.7. The number of unbranched alkanes of at least 4 members (excludes halogenated alkanes) is 2. The number of carbonyl (C=O) groups excluding carboxylic acids is 3. The Morgan fingerprint density at radius 2 is 1.77 bits per heavy atom. The number of rotatable bonds is 12. The van der Waals surface area contributed by atoms with E-state index >= 15 is 0 Å². The fourth-order valence-corrected chi connectivity index (χ4v) is 5.09. The van der Waals surface area contributed by atoms with E-state index in [0.29, 0.717) is 24.1 Å². The van der Waals surface area contributed by atoms with Crippen molar-refractivity contribution in [2.45, 2.75) is 130 Å². The summed E-state index contributed by atoms with van der Waals surface area (Å²) in [6.45, 7) is 13.6. The van der Waals surface area contributed by atoms with Gasteiger partial charge < -0.3 is 25.4 Å². The Bertz CT molecular complexity index is 950. The molecule has 8 heteroatoms. The predicted molar refractivity (Wildman–Crippen MR) is 154 cm³/mol. The number of aromatic hydroxyl groups is 1. The van der Waals surface area contributed by atoms with Crippen LogP contribution in [0.1, 0.15) is 116 Å². The van der Waals surface area contributed by atoms with Crippen molar-refractivity contribution >= 4 is 17.9 Å². The molecule has 1 aromatic rings. The molecule has 0 heterocycles. The average Bonchev–Trinajstić information content (AvgIpc) is 2.84. The zero-order valence-corrected chi connectivity index (χ0v) is 25.1. The Morgan fingerprint density at radius 3 is 2.33 bits per heavy atom. The summed E-state index contributed by atoms with van der Waals surface area (Å²) in [5, 5.41) is 16.2. The molecule has 1 aliphatic rings. The van der Waals surface area contributed by atoms with Crippen LogP contribution >= 0.6 is 0 Å². The maximum atomic E-state index is 14.3. The minimum Gasteiger partial charge on any atom is -0.508 e. The maximum Gasteiger partial charge on any atom is 0.408 e. The van der Waals surface area contributed by atoms with Gasteiger partial charge >= 0.3 is 6.09 Å². The number of ether oxygens (including phenoxy) is 1. The summed E-state index contributed by atoms with van der Waals surface area (Å²) in [5.74, 6) is -0.271. The Balaban J connectivity index is 2.49. The molecular formula is C31H51N3O5. The first-order valence-corrected chi connectivity index (χ1v) is 14.7. The van der Waals surface area contributed by atoms with Crippen LogP contribution in [0.15, 0.2) is 18.2 Å². The van der Waals surface area contributed by atoms with Gasteiger partial charge in [0.2, 0.25) is 11.8 Å². The molecule has 1 aromatic carbocycles. The first-order chi connectivity index (χ1) is 18.3. The molecule has 2 unspecified atom stereocenters. The zero-order valence-electron chi connectivity index (χ0n) is 25.1. The maximum absolute atomic E-state index is 14.3. The zero-order chi connectivity index (χ0) is 29.2. The number of carbonyl (C=O) groups is 3. The lowest BCUT2D eigenvalue weighted by molar-refractivity contribution is -0.143. The molecule has 0 spiro atoms. The molecule has 39 heavy (non-hydrogen) atoms. The number of hydrogen-bond donors (Lipinski definition) is 3. The third-order valence-electron chi connectivity index (χ3n) is 7.03. The van der Waals surface area contributed by atoms with Crippen molar-refractivity contribution in [1.82, 2.24) is 15.5 Å². The fraction of sp³-hybridized carbons (Fsp3) is 0.710. The van der Waals surface area contributed by atoms with E-state index in [2.05, 4.69) is 17.6 Å². The molecule has 0 radical (unpaired) electrons. The fourth-order valence-electron chi connectivity index (χ4n) is 5.09. The van der Waals surface area contributed by atoms with Gasteiger partial charge in [-0.15, -0.1) is 0 Å². The van der Waals surface area contributed by atoms with E-state index in [9.17, 15) is 19.5 Å². The lowest BCUT2D eigenvalue weighted by Gasteiger charge is -2.36. The van der Waals surface area contributed by atoms with E-state index in [4.69, 9.17) is 4.74 Å². The Kier molecular flexibility index (Phi) is 12.6. The molecule has 2 rings (SSSR count). The average molecular weight is 546 g/mol. The van der Waals surface area contributed by atoms with Gasteiger partial charge in [0.05, 0.1) is 0 Å². The van der Waals surface area contributed by atoms with Gasteiger partial charge in [-0.05, 0) is 82.6 Å². The molecule has 0 bridgehead atoms. The van der Waals surface area contributed by atoms with Crippen LogP contribution in [0.2, 0.25) is 0 Å². The predicted octanol–water partition coefficient (Wildman–Crippen LogP) is 6.15. The normalized spacial score (nSPS) is 15.9. The number of phenolic OH excluding ortho intramolecular Hbond substituents is 1. The molecule has 1 fully saturated rings. The van der Waals surface area contributed by atoms with Crippen LogP contribution in [-0.4, -0.2) is 52.1 Å². The van der Waals surface area contributed by atoms with Gasteiger partial charge in [0.25, 0.3) is 0 Å². The van der Waals surface area contributed by atoms with Gasteiger partial charge in [0, 0.05) is 12.6 Å². The van der Waals surface area contributed by atoms with E-state index in [1.807, 2.05) is 13.8 Å². The smallest absolute Gasteiger partial charge is 0.408 e. The molecule has 220 valence electrons. The van der Waals surface area contributed by atoms with E-state index in [1.165, 1.54) is 6.42 Å². The summed E-state index contributed by atoms with van der Waals surface area (Å²) in [6, 6.07) is 3.41. The standard InChI is InChI=1S/C31H51N3O5/c1-8-9-13-18-34(29(37)25(19-21(2)3)33-30(38)39-31(5,6)7)27(23-16-17-26(35)22(4)20-23)28(36)32-24-14-11-10-12-15-24/h16-17,20-21,24-25,27,35H,8-15,18-19H2,1-7H3,(H,32,36)(H,33,38). The van der Waals surface area contributed by atoms with Crippen LogP contribution < -0.4 is 10.6 Å². The van der Waals surface area contributed by atoms with Crippen molar-refractivity contribution < 1.29 is 24.2 Å². The lowest BCUT2D eigenvalue weighted by Crippen LogP contribution is -2.54. The molecule has 1 saturated carbocycles. The minimum atomic E-state index is -0.884. The topological polar surface area (TPSA) is 108 Å². The van der Waals surface area contributed by atoms with Gasteiger partial charge in [0.1, 0.15) is 23.4 Å². The molecular weight excluding hydrogens is 494 g/mol. The lowest BCUT2D eigenvalue weighted by atomic mass is 9.94. The number of amides is 3. The number of nitrogens with one attached hydrogen (secondary N) is 2. The number of aryl methyl sites for hydroxylation is 1. The number of alkyl carbamates (subject to hydrolysis) is 1. The van der Waals surface area contributed by atoms with E-state index in [-0.39, 0.29) is 29.5 Å². The summed E-state index contributed by atoms with van der Waals surface area (Å²) in [5.41, 5.74) is 0.570. The second kappa shape index (κ2) is 15.1. The molecule has 3 amide bonds. The third-order valence-corrected chi connectivity index (χ3v) is 7.03. The highest BCUT2D eigenvalue weighted by atomic mass is 16.6. The Hall–Kier alpha value is -2.77. The molecule has 0 aliphatic heterocycles. The summed E-state index contributed by atoms with van der Waals surface area (Å²) in [6.07, 6.45) is 7.52. The van der Waals surface area contributed by atoms with Gasteiger partial charge in [-0.25, -0.2) is 4.79 Å². The van der Waals surface area contributed by atoms with Crippen molar-refractivity contribution in [3.05, 3.63) is 29.3 Å². The van der Waals surface area contributed by atoms with Crippen LogP contribution in [0.25, 0.3) is 0 Å². The van der Waals surface area contributed by atoms with E-state index in [1.54, 1.807) is 50.8 Å².